The van der Waals surface area contributed by atoms with Crippen LogP contribution >= 0.6 is 23.2 Å². The van der Waals surface area contributed by atoms with Crippen LogP contribution in [0.2, 0.25) is 10.0 Å². The molecule has 0 aliphatic rings. The second-order valence-corrected chi connectivity index (χ2v) is 7.33. The fourth-order valence-corrected chi connectivity index (χ4v) is 3.26. The molecule has 30 heavy (non-hydrogen) atoms. The zero-order valence-corrected chi connectivity index (χ0v) is 18.3. The number of carbonyl (C=O) groups excluding carboxylic acids is 1. The van der Waals surface area contributed by atoms with Gasteiger partial charge in [-0.1, -0.05) is 23.2 Å². The number of halogens is 2. The molecular weight excluding hydrogens is 425 g/mol. The Hall–Kier alpha value is -2.96. The van der Waals surface area contributed by atoms with Gasteiger partial charge in [-0.3, -0.25) is 4.79 Å². The average Bonchev–Trinajstić information content (AvgIpc) is 3.02. The number of benzene rings is 2. The minimum Gasteiger partial charge on any atom is -0.497 e. The third kappa shape index (κ3) is 5.14. The molecule has 0 bridgehead atoms. The summed E-state index contributed by atoms with van der Waals surface area (Å²) in [5.41, 5.74) is 6.20. The lowest BCUT2D eigenvalue weighted by Gasteiger charge is -2.10. The summed E-state index contributed by atoms with van der Waals surface area (Å²) in [7, 11) is 1.59. The number of nitrogens with one attached hydrogen (secondary N) is 1. The zero-order chi connectivity index (χ0) is 21.7. The molecule has 3 aromatic rings. The summed E-state index contributed by atoms with van der Waals surface area (Å²) in [5, 5.41) is 5.03. The lowest BCUT2D eigenvalue weighted by atomic mass is 10.2. The van der Waals surface area contributed by atoms with Crippen molar-refractivity contribution < 1.29 is 14.3 Å². The molecule has 1 heterocycles. The van der Waals surface area contributed by atoms with Crippen molar-refractivity contribution in [3.05, 3.63) is 75.5 Å². The topological polar surface area (TPSA) is 64.8 Å². The van der Waals surface area contributed by atoms with Gasteiger partial charge < -0.3 is 14.0 Å². The van der Waals surface area contributed by atoms with Crippen LogP contribution < -0.4 is 14.9 Å². The first-order valence-corrected chi connectivity index (χ1v) is 9.87. The molecule has 0 fully saturated rings. The van der Waals surface area contributed by atoms with Crippen molar-refractivity contribution in [2.45, 2.75) is 13.8 Å². The first-order chi connectivity index (χ1) is 14.4. The third-order valence-corrected chi connectivity index (χ3v) is 5.19. The van der Waals surface area contributed by atoms with E-state index in [0.717, 1.165) is 28.4 Å². The highest BCUT2D eigenvalue weighted by atomic mass is 35.5. The van der Waals surface area contributed by atoms with E-state index in [-0.39, 0.29) is 12.5 Å². The van der Waals surface area contributed by atoms with Gasteiger partial charge in [-0.15, -0.1) is 0 Å². The van der Waals surface area contributed by atoms with E-state index in [4.69, 9.17) is 32.7 Å². The van der Waals surface area contributed by atoms with E-state index >= 15 is 0 Å². The summed E-state index contributed by atoms with van der Waals surface area (Å²) in [6, 6.07) is 14.4. The minimum absolute atomic E-state index is 0.147. The van der Waals surface area contributed by atoms with Crippen LogP contribution in [0.25, 0.3) is 5.69 Å². The first kappa shape index (κ1) is 21.7. The first-order valence-electron chi connectivity index (χ1n) is 9.12. The molecule has 1 aromatic heterocycles. The number of aromatic nitrogens is 1. The van der Waals surface area contributed by atoms with Crippen molar-refractivity contribution in [3.8, 4) is 17.2 Å². The lowest BCUT2D eigenvalue weighted by Crippen LogP contribution is -2.24. The van der Waals surface area contributed by atoms with E-state index in [0.29, 0.717) is 15.8 Å². The Bertz CT molecular complexity index is 1080. The largest absolute Gasteiger partial charge is 0.497 e. The molecule has 1 N–H and O–H groups in total. The molecule has 1 amide bonds. The van der Waals surface area contributed by atoms with Crippen molar-refractivity contribution in [2.24, 2.45) is 5.10 Å². The number of aryl methyl sites for hydroxylation is 1. The minimum atomic E-state index is -0.361. The smallest absolute Gasteiger partial charge is 0.277 e. The highest BCUT2D eigenvalue weighted by Crippen LogP contribution is 2.27. The van der Waals surface area contributed by atoms with Crippen molar-refractivity contribution in [2.75, 3.05) is 13.7 Å². The molecule has 8 heteroatoms. The third-order valence-electron chi connectivity index (χ3n) is 4.45. The number of hydrogen-bond donors (Lipinski definition) is 1. The summed E-state index contributed by atoms with van der Waals surface area (Å²) in [6.07, 6.45) is 1.60. The van der Waals surface area contributed by atoms with Crippen molar-refractivity contribution in [1.29, 1.82) is 0 Å². The fraction of sp³-hybridized carbons (Fsp3) is 0.182. The molecule has 0 aliphatic carbocycles. The maximum absolute atomic E-state index is 12.0. The Kier molecular flexibility index (Phi) is 7.03. The summed E-state index contributed by atoms with van der Waals surface area (Å²) in [5.74, 6) is 0.926. The van der Waals surface area contributed by atoms with E-state index < -0.39 is 0 Å². The molecule has 0 atom stereocenters. The number of hydrogen-bond acceptors (Lipinski definition) is 4. The van der Waals surface area contributed by atoms with Crippen LogP contribution in [0, 0.1) is 13.8 Å². The molecule has 156 valence electrons. The van der Waals surface area contributed by atoms with Crippen molar-refractivity contribution in [1.82, 2.24) is 9.99 Å². The molecule has 0 saturated carbocycles. The maximum Gasteiger partial charge on any atom is 0.277 e. The van der Waals surface area contributed by atoms with Gasteiger partial charge in [0.05, 0.1) is 23.4 Å². The normalized spacial score (nSPS) is 11.0. The van der Waals surface area contributed by atoms with Crippen LogP contribution in [-0.4, -0.2) is 30.4 Å². The van der Waals surface area contributed by atoms with Gasteiger partial charge in [0.15, 0.2) is 6.61 Å². The number of amides is 1. The fourth-order valence-electron chi connectivity index (χ4n) is 2.97. The molecule has 0 aliphatic heterocycles. The number of nitrogens with zero attached hydrogens (tertiary/aromatic N) is 2. The number of carbonyl (C=O) groups is 1. The summed E-state index contributed by atoms with van der Waals surface area (Å²) >= 11 is 12.2. The summed E-state index contributed by atoms with van der Waals surface area (Å²) in [4.78, 5) is 12.0. The van der Waals surface area contributed by atoms with Crippen LogP contribution in [0.5, 0.6) is 11.5 Å². The molecule has 3 rings (SSSR count). The predicted molar refractivity (Wildman–Crippen MR) is 119 cm³/mol. The Morgan fingerprint density at radius 2 is 1.77 bits per heavy atom. The van der Waals surface area contributed by atoms with E-state index in [2.05, 4.69) is 10.5 Å². The van der Waals surface area contributed by atoms with Gasteiger partial charge in [0.25, 0.3) is 5.91 Å². The zero-order valence-electron chi connectivity index (χ0n) is 16.8. The standard InChI is InChI=1S/C22H21Cl2N3O3/c1-14-10-16(15(2)27(14)17-4-9-20(23)21(24)11-17)12-25-26-22(28)13-30-19-7-5-18(29-3)6-8-19/h4-12H,13H2,1-3H3,(H,26,28)/b25-12-. The Morgan fingerprint density at radius 1 is 1.07 bits per heavy atom. The molecule has 0 unspecified atom stereocenters. The second-order valence-electron chi connectivity index (χ2n) is 6.52. The molecule has 0 spiro atoms. The Labute approximate surface area is 185 Å². The van der Waals surface area contributed by atoms with Crippen LogP contribution in [0.4, 0.5) is 0 Å². The van der Waals surface area contributed by atoms with E-state index in [1.807, 2.05) is 36.6 Å². The number of methoxy groups -OCH3 is 1. The van der Waals surface area contributed by atoms with Gasteiger partial charge in [0.1, 0.15) is 11.5 Å². The van der Waals surface area contributed by atoms with Gasteiger partial charge in [-0.25, -0.2) is 5.43 Å². The predicted octanol–water partition coefficient (Wildman–Crippen LogP) is 4.94. The molecule has 6 nitrogen and oxygen atoms in total. The van der Waals surface area contributed by atoms with E-state index in [1.54, 1.807) is 43.7 Å². The summed E-state index contributed by atoms with van der Waals surface area (Å²) < 4.78 is 12.5. The highest BCUT2D eigenvalue weighted by molar-refractivity contribution is 6.42. The maximum atomic E-state index is 12.0. The second kappa shape index (κ2) is 9.69. The molecule has 2 aromatic carbocycles. The highest BCUT2D eigenvalue weighted by Gasteiger charge is 2.11. The number of hydrazone groups is 1. The van der Waals surface area contributed by atoms with Crippen molar-refractivity contribution >= 4 is 35.3 Å². The van der Waals surface area contributed by atoms with Gasteiger partial charge >= 0.3 is 0 Å². The van der Waals surface area contributed by atoms with Crippen molar-refractivity contribution in [3.63, 3.8) is 0 Å². The van der Waals surface area contributed by atoms with E-state index in [1.165, 1.54) is 0 Å². The lowest BCUT2D eigenvalue weighted by molar-refractivity contribution is -0.123. The van der Waals surface area contributed by atoms with Crippen LogP contribution in [-0.2, 0) is 4.79 Å². The number of ether oxygens (including phenoxy) is 2. The average molecular weight is 446 g/mol. The Morgan fingerprint density at radius 3 is 2.43 bits per heavy atom. The molecular formula is C22H21Cl2N3O3. The van der Waals surface area contributed by atoms with Crippen LogP contribution in [0.1, 0.15) is 17.0 Å². The monoisotopic (exact) mass is 445 g/mol. The SMILES string of the molecule is COc1ccc(OCC(=O)N/N=C\c2cc(C)n(-c3ccc(Cl)c(Cl)c3)c2C)cc1. The van der Waals surface area contributed by atoms with Crippen LogP contribution in [0.15, 0.2) is 53.6 Å². The quantitative estimate of drug-likeness (QED) is 0.413. The molecule has 0 radical (unpaired) electrons. The van der Waals surface area contributed by atoms with Crippen LogP contribution in [0.3, 0.4) is 0 Å². The van der Waals surface area contributed by atoms with Gasteiger partial charge in [-0.2, -0.15) is 5.10 Å². The van der Waals surface area contributed by atoms with Gasteiger partial charge in [-0.05, 0) is 62.4 Å². The molecule has 0 saturated heterocycles. The number of rotatable bonds is 7. The van der Waals surface area contributed by atoms with E-state index in [9.17, 15) is 4.79 Å². The van der Waals surface area contributed by atoms with Gasteiger partial charge in [0.2, 0.25) is 0 Å². The summed E-state index contributed by atoms with van der Waals surface area (Å²) in [6.45, 7) is 3.80. The Balaban J connectivity index is 1.61. The van der Waals surface area contributed by atoms with Gasteiger partial charge in [0, 0.05) is 22.6 Å².